The minimum absolute atomic E-state index is 0.0872. The average Bonchev–Trinajstić information content (AvgIpc) is 2.82. The Morgan fingerprint density at radius 1 is 1.18 bits per heavy atom. The van der Waals surface area contributed by atoms with Gasteiger partial charge in [-0.1, -0.05) is 6.07 Å². The van der Waals surface area contributed by atoms with Gasteiger partial charge in [0.05, 0.1) is 28.8 Å². The number of amides is 2. The number of likely N-dealkylation sites (tertiary alicyclic amines) is 1. The van der Waals surface area contributed by atoms with E-state index in [0.717, 1.165) is 23.3 Å². The largest absolute Gasteiger partial charge is 0.416 e. The van der Waals surface area contributed by atoms with Gasteiger partial charge in [0.2, 0.25) is 0 Å². The molecule has 2 amide bonds. The third kappa shape index (κ3) is 8.17. The summed E-state index contributed by atoms with van der Waals surface area (Å²) in [6, 6.07) is 8.80. The maximum absolute atomic E-state index is 13.8. The van der Waals surface area contributed by atoms with E-state index in [2.05, 4.69) is 10.6 Å². The molecule has 0 bridgehead atoms. The molecule has 0 unspecified atom stereocenters. The van der Waals surface area contributed by atoms with E-state index in [-0.39, 0.29) is 42.5 Å². The third-order valence-corrected chi connectivity index (χ3v) is 6.76. The van der Waals surface area contributed by atoms with Crippen molar-refractivity contribution >= 4 is 6.03 Å². The van der Waals surface area contributed by atoms with Crippen molar-refractivity contribution in [1.29, 1.82) is 5.26 Å². The number of nitrogens with one attached hydrogen (secondary N) is 2. The Kier molecular flexibility index (Phi) is 9.39. The molecule has 10 heteroatoms. The molecule has 206 valence electrons. The predicted octanol–water partition coefficient (Wildman–Crippen LogP) is 5.23. The van der Waals surface area contributed by atoms with Crippen molar-refractivity contribution in [2.45, 2.75) is 70.3 Å². The summed E-state index contributed by atoms with van der Waals surface area (Å²) < 4.78 is 53.3. The van der Waals surface area contributed by atoms with Crippen molar-refractivity contribution < 1.29 is 27.5 Å². The molecule has 1 saturated heterocycles. The van der Waals surface area contributed by atoms with Crippen molar-refractivity contribution in [1.82, 2.24) is 15.5 Å². The number of carbonyl (C=O) groups is 1. The summed E-state index contributed by atoms with van der Waals surface area (Å²) in [6.07, 6.45) is -2.62. The van der Waals surface area contributed by atoms with Crippen LogP contribution in [-0.2, 0) is 12.6 Å². The lowest BCUT2D eigenvalue weighted by atomic mass is 9.89. The smallest absolute Gasteiger partial charge is 0.390 e. The van der Waals surface area contributed by atoms with Crippen molar-refractivity contribution in [3.05, 3.63) is 70.0 Å². The van der Waals surface area contributed by atoms with Crippen LogP contribution in [0, 0.1) is 24.1 Å². The number of nitriles is 1. The molecule has 3 N–H and O–H groups in total. The van der Waals surface area contributed by atoms with Crippen LogP contribution >= 0.6 is 0 Å². The van der Waals surface area contributed by atoms with Gasteiger partial charge >= 0.3 is 12.2 Å². The number of carbonyl (C=O) groups excluding carboxylic acids is 1. The zero-order valence-electron chi connectivity index (χ0n) is 21.8. The molecule has 0 aromatic heterocycles. The predicted molar refractivity (Wildman–Crippen MR) is 136 cm³/mol. The average molecular weight is 535 g/mol. The fraction of sp³-hybridized carbons (Fsp3) is 0.500. The van der Waals surface area contributed by atoms with E-state index in [1.54, 1.807) is 37.8 Å². The van der Waals surface area contributed by atoms with Crippen LogP contribution in [0.2, 0.25) is 0 Å². The van der Waals surface area contributed by atoms with Crippen LogP contribution in [-0.4, -0.2) is 47.3 Å². The molecule has 1 heterocycles. The molecule has 2 aromatic carbocycles. The van der Waals surface area contributed by atoms with Gasteiger partial charge in [0.15, 0.2) is 0 Å². The molecular weight excluding hydrogens is 500 g/mol. The first-order valence-corrected chi connectivity index (χ1v) is 12.6. The number of urea groups is 1. The molecule has 1 fully saturated rings. The number of halogens is 4. The van der Waals surface area contributed by atoms with Crippen LogP contribution < -0.4 is 10.6 Å². The second kappa shape index (κ2) is 12.1. The molecule has 0 spiro atoms. The Balaban J connectivity index is 1.70. The first-order valence-electron chi connectivity index (χ1n) is 12.6. The Hall–Kier alpha value is -3.16. The van der Waals surface area contributed by atoms with Gasteiger partial charge in [-0.15, -0.1) is 0 Å². The number of benzene rings is 2. The number of hydrogen-bond acceptors (Lipinski definition) is 4. The van der Waals surface area contributed by atoms with Crippen LogP contribution in [0.15, 0.2) is 36.4 Å². The summed E-state index contributed by atoms with van der Waals surface area (Å²) in [4.78, 5) is 14.9. The van der Waals surface area contributed by atoms with Crippen molar-refractivity contribution in [3.8, 4) is 6.07 Å². The van der Waals surface area contributed by atoms with Gasteiger partial charge in [0.25, 0.3) is 0 Å². The topological polar surface area (TPSA) is 88.4 Å². The Morgan fingerprint density at radius 3 is 2.55 bits per heavy atom. The maximum Gasteiger partial charge on any atom is 0.416 e. The van der Waals surface area contributed by atoms with E-state index in [4.69, 9.17) is 5.26 Å². The number of rotatable bonds is 8. The number of hydrogen-bond donors (Lipinski definition) is 3. The summed E-state index contributed by atoms with van der Waals surface area (Å²) >= 11 is 0. The van der Waals surface area contributed by atoms with Gasteiger partial charge in [0.1, 0.15) is 5.82 Å². The van der Waals surface area contributed by atoms with E-state index in [1.807, 2.05) is 0 Å². The standard InChI is InChI=1S/C28H34F4N4O2/c1-18-12-22(29)4-5-24(18)25-16-23(34-10-8-27(2,3)38)7-11-36(25)26(37)35-9-6-19-13-20(17-33)15-21(14-19)28(30,31)32/h4-5,12-15,23,25,34,38H,6-11,16H2,1-3H3,(H,35,37)/t23-,25+/m0/s1. The molecule has 38 heavy (non-hydrogen) atoms. The third-order valence-electron chi connectivity index (χ3n) is 6.76. The number of aryl methyl sites for hydroxylation is 1. The quantitative estimate of drug-likeness (QED) is 0.405. The molecule has 0 saturated carbocycles. The minimum Gasteiger partial charge on any atom is -0.390 e. The first kappa shape index (κ1) is 29.4. The molecule has 1 aliphatic rings. The SMILES string of the molecule is Cc1cc(F)ccc1[C@H]1C[C@@H](NCCC(C)(C)O)CCN1C(=O)NCCc1cc(C#N)cc(C(F)(F)F)c1. The molecule has 0 aliphatic carbocycles. The van der Waals surface area contributed by atoms with Crippen LogP contribution in [0.4, 0.5) is 22.4 Å². The number of aliphatic hydroxyl groups is 1. The highest BCUT2D eigenvalue weighted by atomic mass is 19.4. The Bertz CT molecular complexity index is 1170. The first-order chi connectivity index (χ1) is 17.8. The summed E-state index contributed by atoms with van der Waals surface area (Å²) in [5.41, 5.74) is 0.0621. The van der Waals surface area contributed by atoms with Gasteiger partial charge in [-0.25, -0.2) is 9.18 Å². The van der Waals surface area contributed by atoms with Crippen LogP contribution in [0.25, 0.3) is 0 Å². The molecule has 0 radical (unpaired) electrons. The lowest BCUT2D eigenvalue weighted by Crippen LogP contribution is -2.50. The van der Waals surface area contributed by atoms with Gasteiger partial charge in [-0.05, 0) is 100 Å². The van der Waals surface area contributed by atoms with Crippen LogP contribution in [0.5, 0.6) is 0 Å². The Labute approximate surface area is 220 Å². The van der Waals surface area contributed by atoms with Gasteiger partial charge in [-0.2, -0.15) is 18.4 Å². The zero-order valence-corrected chi connectivity index (χ0v) is 21.8. The van der Waals surface area contributed by atoms with E-state index >= 15 is 0 Å². The highest BCUT2D eigenvalue weighted by Gasteiger charge is 2.34. The minimum atomic E-state index is -4.57. The fourth-order valence-electron chi connectivity index (χ4n) is 4.76. The second-order valence-electron chi connectivity index (χ2n) is 10.5. The summed E-state index contributed by atoms with van der Waals surface area (Å²) in [5.74, 6) is -0.365. The highest BCUT2D eigenvalue weighted by molar-refractivity contribution is 5.75. The van der Waals surface area contributed by atoms with Crippen molar-refractivity contribution in [3.63, 3.8) is 0 Å². The molecule has 1 aliphatic heterocycles. The summed E-state index contributed by atoms with van der Waals surface area (Å²) in [7, 11) is 0. The number of nitrogens with zero attached hydrogens (tertiary/aromatic N) is 2. The molecule has 3 rings (SSSR count). The van der Waals surface area contributed by atoms with Crippen LogP contribution in [0.1, 0.15) is 67.0 Å². The highest BCUT2D eigenvalue weighted by Crippen LogP contribution is 2.34. The fourth-order valence-corrected chi connectivity index (χ4v) is 4.76. The summed E-state index contributed by atoms with van der Waals surface area (Å²) in [6.45, 7) is 6.40. The monoisotopic (exact) mass is 534 g/mol. The molecule has 2 aromatic rings. The van der Waals surface area contributed by atoms with E-state index in [9.17, 15) is 27.5 Å². The number of piperidine rings is 1. The van der Waals surface area contributed by atoms with Crippen LogP contribution in [0.3, 0.4) is 0 Å². The normalized spacial score (nSPS) is 18.2. The van der Waals surface area contributed by atoms with Gasteiger partial charge in [-0.3, -0.25) is 0 Å². The lowest BCUT2D eigenvalue weighted by Gasteiger charge is -2.41. The maximum atomic E-state index is 13.8. The Morgan fingerprint density at radius 2 is 1.92 bits per heavy atom. The second-order valence-corrected chi connectivity index (χ2v) is 10.5. The molecule has 2 atom stereocenters. The van der Waals surface area contributed by atoms with E-state index in [1.165, 1.54) is 18.2 Å². The van der Waals surface area contributed by atoms with Gasteiger partial charge in [0, 0.05) is 19.1 Å². The van der Waals surface area contributed by atoms with Gasteiger partial charge < -0.3 is 20.6 Å². The number of alkyl halides is 3. The van der Waals surface area contributed by atoms with Crippen molar-refractivity contribution in [2.24, 2.45) is 0 Å². The zero-order chi connectivity index (χ0) is 28.1. The van der Waals surface area contributed by atoms with E-state index < -0.39 is 17.3 Å². The summed E-state index contributed by atoms with van der Waals surface area (Å²) in [5, 5.41) is 25.3. The van der Waals surface area contributed by atoms with Crippen molar-refractivity contribution in [2.75, 3.05) is 19.6 Å². The lowest BCUT2D eigenvalue weighted by molar-refractivity contribution is -0.137. The molecular formula is C28H34F4N4O2. The van der Waals surface area contributed by atoms with E-state index in [0.29, 0.717) is 37.9 Å². The molecule has 6 nitrogen and oxygen atoms in total.